The summed E-state index contributed by atoms with van der Waals surface area (Å²) in [5, 5.41) is 10.0. The number of nitrogens with zero attached hydrogens (tertiary/aromatic N) is 3. The molecule has 3 aliphatic rings. The topological polar surface area (TPSA) is 73.3 Å². The van der Waals surface area contributed by atoms with Gasteiger partial charge in [-0.1, -0.05) is 50.6 Å². The van der Waals surface area contributed by atoms with E-state index in [-0.39, 0.29) is 35.1 Å². The van der Waals surface area contributed by atoms with Gasteiger partial charge in [-0.05, 0) is 42.0 Å². The second-order valence-corrected chi connectivity index (χ2v) is 11.7. The van der Waals surface area contributed by atoms with Gasteiger partial charge in [-0.2, -0.15) is 0 Å². The van der Waals surface area contributed by atoms with Crippen molar-refractivity contribution in [3.05, 3.63) is 64.6 Å². The normalized spacial score (nSPS) is 21.3. The Morgan fingerprint density at radius 2 is 1.95 bits per heavy atom. The second kappa shape index (κ2) is 12.0. The van der Waals surface area contributed by atoms with Crippen LogP contribution in [0.4, 0.5) is 15.8 Å². The molecule has 1 atom stereocenters. The molecule has 5 rings (SSSR count). The molecule has 1 unspecified atom stereocenters. The number of benzene rings is 1. The molecule has 1 N–H and O–H groups in total. The summed E-state index contributed by atoms with van der Waals surface area (Å²) in [5.74, 6) is -1.17. The predicted molar refractivity (Wildman–Crippen MR) is 153 cm³/mol. The van der Waals surface area contributed by atoms with Crippen molar-refractivity contribution in [1.82, 2.24) is 4.90 Å². The van der Waals surface area contributed by atoms with E-state index in [9.17, 15) is 14.7 Å². The van der Waals surface area contributed by atoms with Crippen molar-refractivity contribution in [2.24, 2.45) is 5.92 Å². The average molecular weight is 554 g/mol. The first-order valence-electron chi connectivity index (χ1n) is 13.7. The molecule has 7 nitrogen and oxygen atoms in total. The van der Waals surface area contributed by atoms with E-state index in [1.54, 1.807) is 23.1 Å². The van der Waals surface area contributed by atoms with Crippen LogP contribution in [0.15, 0.2) is 43.5 Å². The molecule has 0 spiro atoms. The van der Waals surface area contributed by atoms with Crippen molar-refractivity contribution in [1.29, 1.82) is 0 Å². The number of hydrogen-bond donors (Lipinski definition) is 1. The third kappa shape index (κ3) is 5.81. The minimum absolute atomic E-state index is 0.128. The van der Waals surface area contributed by atoms with E-state index in [2.05, 4.69) is 18.1 Å². The smallest absolute Gasteiger partial charge is 0.348 e. The lowest BCUT2D eigenvalue weighted by molar-refractivity contribution is -0.123. The Morgan fingerprint density at radius 3 is 2.64 bits per heavy atom. The Balaban J connectivity index is 1.47. The molecular weight excluding hydrogens is 517 g/mol. The molecule has 2 aromatic rings. The highest BCUT2D eigenvalue weighted by atomic mass is 32.1. The number of carbonyl (C=O) groups excluding carboxylic acids is 1. The zero-order valence-electron chi connectivity index (χ0n) is 22.2. The lowest BCUT2D eigenvalue weighted by atomic mass is 9.82. The Hall–Kier alpha value is -3.01. The molecule has 1 saturated carbocycles. The van der Waals surface area contributed by atoms with Crippen LogP contribution in [0.2, 0.25) is 0 Å². The molecule has 1 aromatic heterocycles. The van der Waals surface area contributed by atoms with Gasteiger partial charge in [0.15, 0.2) is 0 Å². The SMILES string of the molecule is C=CC(=C)c1cc(N2C(=O)CN(Cc3cccc(F)c3N3CCOCC3)CC2C2CCCCC2)c(C(=O)O)s1. The highest BCUT2D eigenvalue weighted by Gasteiger charge is 2.41. The van der Waals surface area contributed by atoms with Crippen molar-refractivity contribution in [3.8, 4) is 0 Å². The Morgan fingerprint density at radius 1 is 1.21 bits per heavy atom. The van der Waals surface area contributed by atoms with Crippen LogP contribution < -0.4 is 9.80 Å². The fraction of sp³-hybridized carbons (Fsp3) is 0.467. The minimum Gasteiger partial charge on any atom is -0.477 e. The number of para-hydroxylation sites is 1. The van der Waals surface area contributed by atoms with Crippen LogP contribution in [-0.2, 0) is 16.1 Å². The number of piperazine rings is 1. The first-order valence-corrected chi connectivity index (χ1v) is 14.5. The van der Waals surface area contributed by atoms with E-state index in [0.29, 0.717) is 61.2 Å². The summed E-state index contributed by atoms with van der Waals surface area (Å²) in [7, 11) is 0. The van der Waals surface area contributed by atoms with Gasteiger partial charge in [-0.25, -0.2) is 9.18 Å². The van der Waals surface area contributed by atoms with Gasteiger partial charge in [0.1, 0.15) is 10.7 Å². The van der Waals surface area contributed by atoms with E-state index in [0.717, 1.165) is 42.6 Å². The first-order chi connectivity index (χ1) is 18.9. The van der Waals surface area contributed by atoms with Crippen LogP contribution in [0.5, 0.6) is 0 Å². The van der Waals surface area contributed by atoms with Crippen molar-refractivity contribution >= 4 is 40.2 Å². The lowest BCUT2D eigenvalue weighted by Crippen LogP contribution is -2.59. The van der Waals surface area contributed by atoms with E-state index >= 15 is 4.39 Å². The third-order valence-electron chi connectivity index (χ3n) is 8.12. The number of carboxylic acids is 1. The van der Waals surface area contributed by atoms with E-state index in [1.807, 2.05) is 11.0 Å². The molecule has 39 heavy (non-hydrogen) atoms. The van der Waals surface area contributed by atoms with E-state index < -0.39 is 5.97 Å². The van der Waals surface area contributed by atoms with Crippen LogP contribution in [-0.4, -0.2) is 67.3 Å². The quantitative estimate of drug-likeness (QED) is 0.440. The third-order valence-corrected chi connectivity index (χ3v) is 9.31. The maximum atomic E-state index is 15.1. The summed E-state index contributed by atoms with van der Waals surface area (Å²) in [5.41, 5.74) is 2.52. The van der Waals surface area contributed by atoms with Gasteiger partial charge < -0.3 is 19.6 Å². The van der Waals surface area contributed by atoms with Crippen LogP contribution in [0.25, 0.3) is 5.57 Å². The average Bonchev–Trinajstić information content (AvgIpc) is 3.39. The fourth-order valence-corrected chi connectivity index (χ4v) is 7.17. The molecule has 1 aliphatic carbocycles. The van der Waals surface area contributed by atoms with Gasteiger partial charge >= 0.3 is 5.97 Å². The number of morpholine rings is 1. The zero-order valence-corrected chi connectivity index (χ0v) is 23.1. The number of ether oxygens (including phenoxy) is 1. The maximum absolute atomic E-state index is 15.1. The number of thiophene rings is 1. The maximum Gasteiger partial charge on any atom is 0.348 e. The van der Waals surface area contributed by atoms with Crippen molar-refractivity contribution in [3.63, 3.8) is 0 Å². The van der Waals surface area contributed by atoms with Crippen molar-refractivity contribution < 1.29 is 23.8 Å². The highest BCUT2D eigenvalue weighted by molar-refractivity contribution is 7.15. The summed E-state index contributed by atoms with van der Waals surface area (Å²) < 4.78 is 20.6. The molecule has 0 bridgehead atoms. The minimum atomic E-state index is -1.05. The molecule has 3 fully saturated rings. The molecule has 1 aromatic carbocycles. The van der Waals surface area contributed by atoms with Gasteiger partial charge in [0.25, 0.3) is 0 Å². The summed E-state index contributed by atoms with van der Waals surface area (Å²) in [6, 6.07) is 6.77. The molecule has 0 radical (unpaired) electrons. The molecule has 208 valence electrons. The van der Waals surface area contributed by atoms with Crippen molar-refractivity contribution in [2.75, 3.05) is 49.2 Å². The summed E-state index contributed by atoms with van der Waals surface area (Å²) in [4.78, 5) is 32.9. The number of allylic oxidation sites excluding steroid dienone is 2. The molecule has 1 amide bonds. The van der Waals surface area contributed by atoms with Crippen molar-refractivity contribution in [2.45, 2.75) is 44.7 Å². The number of rotatable bonds is 8. The summed E-state index contributed by atoms with van der Waals surface area (Å²) in [6.45, 7) is 11.3. The van der Waals surface area contributed by atoms with Gasteiger partial charge in [-0.3, -0.25) is 9.69 Å². The molecule has 2 saturated heterocycles. The molecule has 3 heterocycles. The van der Waals surface area contributed by atoms with E-state index in [4.69, 9.17) is 4.74 Å². The van der Waals surface area contributed by atoms with Crippen LogP contribution >= 0.6 is 11.3 Å². The Labute approximate surface area is 233 Å². The fourth-order valence-electron chi connectivity index (χ4n) is 6.22. The number of carboxylic acid groups (broad SMARTS) is 1. The number of aromatic carboxylic acids is 1. The standard InChI is InChI=1S/C30H36FN3O4S/c1-3-20(2)26-16-24(29(39-26)30(36)37)34-25(21-8-5-4-6-9-21)18-32(19-27(34)35)17-22-10-7-11-23(31)28(22)33-12-14-38-15-13-33/h3,7,10-11,16,21,25H,1-2,4-6,8-9,12-15,17-19H2,(H,36,37). The molecule has 2 aliphatic heterocycles. The van der Waals surface area contributed by atoms with Crippen LogP contribution in [0.3, 0.4) is 0 Å². The van der Waals surface area contributed by atoms with Gasteiger partial charge in [0.2, 0.25) is 5.91 Å². The van der Waals surface area contributed by atoms with Crippen LogP contribution in [0.1, 0.15) is 52.2 Å². The van der Waals surface area contributed by atoms with Gasteiger partial charge in [0.05, 0.1) is 37.2 Å². The number of carbonyl (C=O) groups is 2. The number of hydrogen-bond acceptors (Lipinski definition) is 6. The zero-order chi connectivity index (χ0) is 27.5. The highest BCUT2D eigenvalue weighted by Crippen LogP contribution is 2.40. The number of halogens is 1. The predicted octanol–water partition coefficient (Wildman–Crippen LogP) is 5.42. The lowest BCUT2D eigenvalue weighted by Gasteiger charge is -2.45. The molecule has 9 heteroatoms. The number of anilines is 2. The first kappa shape index (κ1) is 27.6. The monoisotopic (exact) mass is 553 g/mol. The Kier molecular flexibility index (Phi) is 8.49. The Bertz CT molecular complexity index is 1250. The van der Waals surface area contributed by atoms with Gasteiger partial charge in [-0.15, -0.1) is 11.3 Å². The molecular formula is C30H36FN3O4S. The number of amides is 1. The summed E-state index contributed by atoms with van der Waals surface area (Å²) >= 11 is 1.13. The second-order valence-electron chi connectivity index (χ2n) is 10.6. The summed E-state index contributed by atoms with van der Waals surface area (Å²) in [6.07, 6.45) is 6.98. The largest absolute Gasteiger partial charge is 0.477 e. The van der Waals surface area contributed by atoms with Crippen LogP contribution in [0, 0.1) is 11.7 Å². The van der Waals surface area contributed by atoms with Gasteiger partial charge in [0, 0.05) is 31.1 Å². The van der Waals surface area contributed by atoms with E-state index in [1.165, 1.54) is 12.5 Å².